The summed E-state index contributed by atoms with van der Waals surface area (Å²) < 4.78 is 28.1. The molecule has 0 N–H and O–H groups in total. The number of likely N-dealkylation sites (tertiary alicyclic amines) is 1. The molecule has 0 aromatic heterocycles. The number of hydrogen-bond donors (Lipinski definition) is 0. The van der Waals surface area contributed by atoms with E-state index in [1.54, 1.807) is 11.0 Å². The first-order valence-electron chi connectivity index (χ1n) is 13.9. The summed E-state index contributed by atoms with van der Waals surface area (Å²) in [5.74, 6) is -1.76. The monoisotopic (exact) mass is 541 g/mol. The topological polar surface area (TPSA) is 101 Å². The maximum absolute atomic E-state index is 13.3. The van der Waals surface area contributed by atoms with Crippen LogP contribution in [-0.4, -0.2) is 61.6 Å². The summed E-state index contributed by atoms with van der Waals surface area (Å²) in [4.78, 5) is 40.1. The van der Waals surface area contributed by atoms with Crippen LogP contribution in [0.2, 0.25) is 0 Å². The number of benzene rings is 1. The van der Waals surface area contributed by atoms with E-state index >= 15 is 0 Å². The molecule has 1 aromatic rings. The molecule has 0 spiro atoms. The molecule has 4 rings (SSSR count). The second-order valence-electron chi connectivity index (χ2n) is 10.3. The van der Waals surface area contributed by atoms with Crippen molar-refractivity contribution in [2.45, 2.75) is 77.4 Å². The molecule has 212 valence electrons. The molecular formula is C30H39NO8. The lowest BCUT2D eigenvalue weighted by atomic mass is 9.83. The summed E-state index contributed by atoms with van der Waals surface area (Å²) in [5.41, 5.74) is 1.78. The van der Waals surface area contributed by atoms with Crippen molar-refractivity contribution in [3.8, 4) is 0 Å². The third kappa shape index (κ3) is 7.01. The van der Waals surface area contributed by atoms with Gasteiger partial charge >= 0.3 is 18.0 Å². The summed E-state index contributed by atoms with van der Waals surface area (Å²) in [6.07, 6.45) is 6.54. The standard InChI is InChI=1S/C30H39NO8/c1-4-20(2)39-30(34)31-16-9-8-12-22(31)15-17-36-28(33)24-14-13-23-25(27(32)35-3)19-38-29(26(23)24)37-18-21-10-6-5-7-11-21/h5-7,10-11,14,19-20,22-23,26,29H,4,8-9,12-13,15-18H2,1-3H3. The van der Waals surface area contributed by atoms with Gasteiger partial charge in [0.05, 0.1) is 38.1 Å². The zero-order valence-corrected chi connectivity index (χ0v) is 23.0. The molecule has 1 saturated heterocycles. The normalized spacial score (nSPS) is 24.9. The Balaban J connectivity index is 1.38. The van der Waals surface area contributed by atoms with Crippen LogP contribution >= 0.6 is 0 Å². The van der Waals surface area contributed by atoms with Crippen LogP contribution in [-0.2, 0) is 39.9 Å². The molecule has 2 aliphatic heterocycles. The van der Waals surface area contributed by atoms with E-state index in [4.69, 9.17) is 23.7 Å². The fraction of sp³-hybridized carbons (Fsp3) is 0.567. The number of fused-ring (bicyclic) bond motifs is 1. The fourth-order valence-corrected chi connectivity index (χ4v) is 5.39. The summed E-state index contributed by atoms with van der Waals surface area (Å²) in [5, 5.41) is 0. The number of ether oxygens (including phenoxy) is 5. The highest BCUT2D eigenvalue weighted by Gasteiger charge is 2.47. The Morgan fingerprint density at radius 1 is 1.10 bits per heavy atom. The number of amides is 1. The van der Waals surface area contributed by atoms with Crippen molar-refractivity contribution in [3.63, 3.8) is 0 Å². The first-order chi connectivity index (χ1) is 18.9. The van der Waals surface area contributed by atoms with Crippen LogP contribution in [0.5, 0.6) is 0 Å². The molecule has 2 heterocycles. The Kier molecular flexibility index (Phi) is 10.0. The molecule has 3 aliphatic rings. The van der Waals surface area contributed by atoms with Crippen molar-refractivity contribution in [2.24, 2.45) is 11.8 Å². The summed E-state index contributed by atoms with van der Waals surface area (Å²) >= 11 is 0. The second-order valence-corrected chi connectivity index (χ2v) is 10.3. The van der Waals surface area contributed by atoms with Crippen LogP contribution in [0.25, 0.3) is 0 Å². The van der Waals surface area contributed by atoms with Gasteiger partial charge in [0.15, 0.2) is 0 Å². The highest BCUT2D eigenvalue weighted by molar-refractivity contribution is 5.93. The van der Waals surface area contributed by atoms with Gasteiger partial charge in [-0.15, -0.1) is 0 Å². The minimum atomic E-state index is -0.755. The van der Waals surface area contributed by atoms with Crippen molar-refractivity contribution >= 4 is 18.0 Å². The van der Waals surface area contributed by atoms with E-state index in [1.807, 2.05) is 44.2 Å². The SMILES string of the molecule is CCC(C)OC(=O)N1CCCCC1CCOC(=O)C1=CCC2C(C(=O)OC)=COC(OCc3ccccc3)C12. The van der Waals surface area contributed by atoms with Crippen LogP contribution in [0.3, 0.4) is 0 Å². The van der Waals surface area contributed by atoms with Crippen molar-refractivity contribution in [2.75, 3.05) is 20.3 Å². The number of nitrogens with zero attached hydrogens (tertiary/aromatic N) is 1. The Morgan fingerprint density at radius 2 is 1.90 bits per heavy atom. The van der Waals surface area contributed by atoms with Gasteiger partial charge in [-0.3, -0.25) is 0 Å². The molecule has 9 heteroatoms. The Morgan fingerprint density at radius 3 is 2.64 bits per heavy atom. The van der Waals surface area contributed by atoms with Gasteiger partial charge in [-0.2, -0.15) is 0 Å². The number of carbonyl (C=O) groups is 3. The molecule has 1 amide bonds. The smallest absolute Gasteiger partial charge is 0.410 e. The molecule has 39 heavy (non-hydrogen) atoms. The molecule has 1 aliphatic carbocycles. The number of esters is 2. The van der Waals surface area contributed by atoms with Crippen LogP contribution in [0.1, 0.15) is 57.9 Å². The van der Waals surface area contributed by atoms with E-state index in [0.29, 0.717) is 37.1 Å². The molecular weight excluding hydrogens is 502 g/mol. The van der Waals surface area contributed by atoms with Crippen molar-refractivity contribution in [1.82, 2.24) is 4.90 Å². The zero-order chi connectivity index (χ0) is 27.8. The number of allylic oxidation sites excluding steroid dienone is 1. The van der Waals surface area contributed by atoms with E-state index in [9.17, 15) is 14.4 Å². The van der Waals surface area contributed by atoms with Crippen LogP contribution in [0.4, 0.5) is 4.79 Å². The maximum Gasteiger partial charge on any atom is 0.410 e. The molecule has 5 unspecified atom stereocenters. The summed E-state index contributed by atoms with van der Waals surface area (Å²) in [6.45, 7) is 4.97. The predicted octanol–water partition coefficient (Wildman–Crippen LogP) is 4.90. The van der Waals surface area contributed by atoms with E-state index in [0.717, 1.165) is 31.2 Å². The minimum Gasteiger partial charge on any atom is -0.471 e. The van der Waals surface area contributed by atoms with Crippen LogP contribution in [0.15, 0.2) is 53.8 Å². The first kappa shape index (κ1) is 28.7. The van der Waals surface area contributed by atoms with Crippen LogP contribution < -0.4 is 0 Å². The lowest BCUT2D eigenvalue weighted by Crippen LogP contribution is -2.45. The maximum atomic E-state index is 13.3. The lowest BCUT2D eigenvalue weighted by molar-refractivity contribution is -0.166. The van der Waals surface area contributed by atoms with Crippen LogP contribution in [0, 0.1) is 11.8 Å². The average Bonchev–Trinajstić information content (AvgIpc) is 3.42. The predicted molar refractivity (Wildman–Crippen MR) is 142 cm³/mol. The van der Waals surface area contributed by atoms with Gasteiger partial charge in [0.1, 0.15) is 6.10 Å². The Hall–Kier alpha value is -3.33. The fourth-order valence-electron chi connectivity index (χ4n) is 5.39. The molecule has 9 nitrogen and oxygen atoms in total. The van der Waals surface area contributed by atoms with Crippen molar-refractivity contribution in [3.05, 3.63) is 59.4 Å². The molecule has 1 fully saturated rings. The van der Waals surface area contributed by atoms with Gasteiger partial charge < -0.3 is 28.6 Å². The highest BCUT2D eigenvalue weighted by Crippen LogP contribution is 2.44. The second kappa shape index (κ2) is 13.6. The largest absolute Gasteiger partial charge is 0.471 e. The number of rotatable bonds is 10. The van der Waals surface area contributed by atoms with Gasteiger partial charge in [-0.05, 0) is 44.6 Å². The average molecular weight is 542 g/mol. The molecule has 5 atom stereocenters. The number of carbonyl (C=O) groups excluding carboxylic acids is 3. The summed E-state index contributed by atoms with van der Waals surface area (Å²) in [7, 11) is 1.32. The van der Waals surface area contributed by atoms with Crippen molar-refractivity contribution in [1.29, 1.82) is 0 Å². The molecule has 1 aromatic carbocycles. The zero-order valence-electron chi connectivity index (χ0n) is 23.0. The van der Waals surface area contributed by atoms with Gasteiger partial charge in [0.2, 0.25) is 6.29 Å². The Labute approximate surface area is 230 Å². The minimum absolute atomic E-state index is 0.0396. The third-order valence-corrected chi connectivity index (χ3v) is 7.74. The Bertz CT molecular complexity index is 1070. The van der Waals surface area contributed by atoms with Gasteiger partial charge in [-0.1, -0.05) is 43.3 Å². The van der Waals surface area contributed by atoms with Gasteiger partial charge in [0, 0.05) is 30.5 Å². The first-order valence-corrected chi connectivity index (χ1v) is 13.9. The molecule has 0 saturated carbocycles. The highest BCUT2D eigenvalue weighted by atomic mass is 16.7. The lowest BCUT2D eigenvalue weighted by Gasteiger charge is -2.36. The van der Waals surface area contributed by atoms with Crippen molar-refractivity contribution < 1.29 is 38.1 Å². The van der Waals surface area contributed by atoms with Gasteiger partial charge in [-0.25, -0.2) is 14.4 Å². The third-order valence-electron chi connectivity index (χ3n) is 7.74. The number of methoxy groups -OCH3 is 1. The van der Waals surface area contributed by atoms with E-state index in [1.165, 1.54) is 13.4 Å². The molecule has 0 radical (unpaired) electrons. The summed E-state index contributed by atoms with van der Waals surface area (Å²) in [6, 6.07) is 9.63. The molecule has 0 bridgehead atoms. The van der Waals surface area contributed by atoms with E-state index in [2.05, 4.69) is 0 Å². The van der Waals surface area contributed by atoms with E-state index in [-0.39, 0.29) is 30.8 Å². The quantitative estimate of drug-likeness (QED) is 0.305. The van der Waals surface area contributed by atoms with E-state index < -0.39 is 24.1 Å². The van der Waals surface area contributed by atoms with Gasteiger partial charge in [0.25, 0.3) is 0 Å². The number of hydrogen-bond acceptors (Lipinski definition) is 8. The number of piperidine rings is 1.